The predicted octanol–water partition coefficient (Wildman–Crippen LogP) is 2.89. The van der Waals surface area contributed by atoms with E-state index in [4.69, 9.17) is 10.1 Å². The second-order valence-corrected chi connectivity index (χ2v) is 8.04. The van der Waals surface area contributed by atoms with E-state index in [-0.39, 0.29) is 24.1 Å². The summed E-state index contributed by atoms with van der Waals surface area (Å²) in [4.78, 5) is 28.8. The molecule has 6 nitrogen and oxygen atoms in total. The second-order valence-electron chi connectivity index (χ2n) is 8.04. The van der Waals surface area contributed by atoms with Gasteiger partial charge in [-0.3, -0.25) is 4.79 Å². The lowest BCUT2D eigenvalue weighted by Gasteiger charge is -2.35. The molecule has 3 rings (SSSR count). The van der Waals surface area contributed by atoms with E-state index < -0.39 is 5.60 Å². The van der Waals surface area contributed by atoms with Gasteiger partial charge >= 0.3 is 6.09 Å². The summed E-state index contributed by atoms with van der Waals surface area (Å²) in [7, 11) is 0. The monoisotopic (exact) mass is 345 g/mol. The molecule has 6 heteroatoms. The van der Waals surface area contributed by atoms with Gasteiger partial charge in [-0.05, 0) is 40.0 Å². The topological polar surface area (TPSA) is 73.7 Å². The van der Waals surface area contributed by atoms with Crippen LogP contribution in [-0.2, 0) is 9.53 Å². The summed E-state index contributed by atoms with van der Waals surface area (Å²) in [6.07, 6.45) is 8.35. The SMILES string of the molecule is CC(C)(C)OC(=O)N1CC2CC1CN2C(=O)C1=CCC(=N)CCC=C1. The van der Waals surface area contributed by atoms with Gasteiger partial charge < -0.3 is 19.9 Å². The van der Waals surface area contributed by atoms with Crippen molar-refractivity contribution in [3.8, 4) is 0 Å². The molecule has 0 radical (unpaired) electrons. The zero-order valence-electron chi connectivity index (χ0n) is 15.2. The van der Waals surface area contributed by atoms with Crippen molar-refractivity contribution in [3.05, 3.63) is 23.8 Å². The van der Waals surface area contributed by atoms with Crippen LogP contribution in [0, 0.1) is 5.41 Å². The van der Waals surface area contributed by atoms with Crippen LogP contribution in [0.5, 0.6) is 0 Å². The molecule has 2 atom stereocenters. The van der Waals surface area contributed by atoms with Crippen LogP contribution in [0.2, 0.25) is 0 Å². The summed E-state index contributed by atoms with van der Waals surface area (Å²) in [6, 6.07) is 0.101. The van der Waals surface area contributed by atoms with E-state index in [1.807, 2.05) is 43.9 Å². The molecule has 2 amide bonds. The standard InChI is InChI=1S/C19H27N3O3/c1-19(2,3)25-18(24)22-12-15-10-16(22)11-21(15)17(23)13-6-4-5-7-14(20)9-8-13/h4,6,8,15-16,20H,5,7,9-12H2,1-3H3. The minimum absolute atomic E-state index is 0.0160. The van der Waals surface area contributed by atoms with Crippen molar-refractivity contribution in [1.29, 1.82) is 5.41 Å². The quantitative estimate of drug-likeness (QED) is 0.794. The number of likely N-dealkylation sites (tertiary alicyclic amines) is 2. The number of piperazine rings is 1. The van der Waals surface area contributed by atoms with E-state index in [9.17, 15) is 9.59 Å². The van der Waals surface area contributed by atoms with Gasteiger partial charge in [0.25, 0.3) is 5.91 Å². The van der Waals surface area contributed by atoms with Crippen molar-refractivity contribution in [1.82, 2.24) is 9.80 Å². The number of hydrogen-bond donors (Lipinski definition) is 1. The van der Waals surface area contributed by atoms with Crippen molar-refractivity contribution in [3.63, 3.8) is 0 Å². The largest absolute Gasteiger partial charge is 0.444 e. The molecule has 1 aliphatic carbocycles. The number of allylic oxidation sites excluding steroid dienone is 2. The Morgan fingerprint density at radius 2 is 1.88 bits per heavy atom. The van der Waals surface area contributed by atoms with Gasteiger partial charge in [0.05, 0.1) is 12.1 Å². The summed E-state index contributed by atoms with van der Waals surface area (Å²) in [5.74, 6) is 0.0160. The Morgan fingerprint density at radius 3 is 2.52 bits per heavy atom. The number of carbonyl (C=O) groups excluding carboxylic acids is 2. The van der Waals surface area contributed by atoms with Gasteiger partial charge in [-0.25, -0.2) is 4.79 Å². The molecule has 136 valence electrons. The first kappa shape index (κ1) is 17.7. The third-order valence-corrected chi connectivity index (χ3v) is 4.85. The molecule has 0 spiro atoms. The molecule has 25 heavy (non-hydrogen) atoms. The zero-order valence-corrected chi connectivity index (χ0v) is 15.2. The molecule has 0 saturated carbocycles. The highest BCUT2D eigenvalue weighted by molar-refractivity contribution is 5.98. The first-order chi connectivity index (χ1) is 11.7. The van der Waals surface area contributed by atoms with Crippen LogP contribution in [0.4, 0.5) is 4.79 Å². The first-order valence-electron chi connectivity index (χ1n) is 8.98. The van der Waals surface area contributed by atoms with Gasteiger partial charge in [-0.15, -0.1) is 0 Å². The van der Waals surface area contributed by atoms with Gasteiger partial charge in [0.15, 0.2) is 0 Å². The predicted molar refractivity (Wildman–Crippen MR) is 95.6 cm³/mol. The van der Waals surface area contributed by atoms with E-state index in [2.05, 4.69) is 0 Å². The molecule has 2 saturated heterocycles. The Bertz CT molecular complexity index is 645. The highest BCUT2D eigenvalue weighted by Crippen LogP contribution is 2.33. The van der Waals surface area contributed by atoms with Crippen LogP contribution in [-0.4, -0.2) is 58.3 Å². The highest BCUT2D eigenvalue weighted by atomic mass is 16.6. The van der Waals surface area contributed by atoms with Crippen LogP contribution in [0.1, 0.15) is 46.5 Å². The minimum Gasteiger partial charge on any atom is -0.444 e. The van der Waals surface area contributed by atoms with Crippen molar-refractivity contribution >= 4 is 17.7 Å². The number of amides is 2. The molecule has 3 aliphatic rings. The van der Waals surface area contributed by atoms with E-state index in [1.54, 1.807) is 4.90 Å². The van der Waals surface area contributed by atoms with Crippen LogP contribution in [0.15, 0.2) is 23.8 Å². The average Bonchev–Trinajstić information content (AvgIpc) is 3.09. The molecular weight excluding hydrogens is 318 g/mol. The summed E-state index contributed by atoms with van der Waals surface area (Å²) in [5, 5.41) is 7.83. The van der Waals surface area contributed by atoms with Crippen molar-refractivity contribution in [2.24, 2.45) is 0 Å². The fourth-order valence-electron chi connectivity index (χ4n) is 3.66. The molecule has 2 fully saturated rings. The van der Waals surface area contributed by atoms with Gasteiger partial charge in [0.1, 0.15) is 5.60 Å². The van der Waals surface area contributed by atoms with Gasteiger partial charge in [-0.1, -0.05) is 18.2 Å². The van der Waals surface area contributed by atoms with Crippen molar-refractivity contribution < 1.29 is 14.3 Å². The number of rotatable bonds is 1. The smallest absolute Gasteiger partial charge is 0.410 e. The van der Waals surface area contributed by atoms with E-state index >= 15 is 0 Å². The van der Waals surface area contributed by atoms with Gasteiger partial charge in [0.2, 0.25) is 0 Å². The molecule has 2 aliphatic heterocycles. The molecule has 2 bridgehead atoms. The molecule has 0 aromatic heterocycles. The van der Waals surface area contributed by atoms with Crippen molar-refractivity contribution in [2.75, 3.05) is 13.1 Å². The fraction of sp³-hybridized carbons (Fsp3) is 0.632. The Balaban J connectivity index is 1.64. The van der Waals surface area contributed by atoms with E-state index in [1.165, 1.54) is 0 Å². The van der Waals surface area contributed by atoms with Crippen LogP contribution in [0.25, 0.3) is 0 Å². The third kappa shape index (κ3) is 3.94. The van der Waals surface area contributed by atoms with Gasteiger partial charge in [0, 0.05) is 30.8 Å². The minimum atomic E-state index is -0.507. The maximum absolute atomic E-state index is 12.9. The Morgan fingerprint density at radius 1 is 1.20 bits per heavy atom. The lowest BCUT2D eigenvalue weighted by atomic mass is 10.0. The van der Waals surface area contributed by atoms with Gasteiger partial charge in [-0.2, -0.15) is 0 Å². The Labute approximate surface area is 149 Å². The second kappa shape index (κ2) is 6.65. The summed E-state index contributed by atoms with van der Waals surface area (Å²) < 4.78 is 5.47. The number of nitrogens with one attached hydrogen (secondary N) is 1. The number of ether oxygens (including phenoxy) is 1. The van der Waals surface area contributed by atoms with Crippen molar-refractivity contribution in [2.45, 2.75) is 64.1 Å². The number of nitrogens with zero attached hydrogens (tertiary/aromatic N) is 2. The van der Waals surface area contributed by atoms with Crippen LogP contribution in [0.3, 0.4) is 0 Å². The van der Waals surface area contributed by atoms with E-state index in [0.717, 1.165) is 19.3 Å². The molecule has 2 heterocycles. The fourth-order valence-corrected chi connectivity index (χ4v) is 3.66. The average molecular weight is 345 g/mol. The summed E-state index contributed by atoms with van der Waals surface area (Å²) in [6.45, 7) is 6.68. The first-order valence-corrected chi connectivity index (χ1v) is 8.98. The number of fused-ring (bicyclic) bond motifs is 2. The highest BCUT2D eigenvalue weighted by Gasteiger charge is 2.48. The molecular formula is C19H27N3O3. The third-order valence-electron chi connectivity index (χ3n) is 4.85. The van der Waals surface area contributed by atoms with Crippen LogP contribution >= 0.6 is 0 Å². The van der Waals surface area contributed by atoms with E-state index in [0.29, 0.717) is 30.8 Å². The molecule has 1 N–H and O–H groups in total. The number of hydrogen-bond acceptors (Lipinski definition) is 4. The lowest BCUT2D eigenvalue weighted by Crippen LogP contribution is -2.51. The summed E-state index contributed by atoms with van der Waals surface area (Å²) >= 11 is 0. The van der Waals surface area contributed by atoms with Crippen LogP contribution < -0.4 is 0 Å². The zero-order chi connectivity index (χ0) is 18.2. The number of carbonyl (C=O) groups is 2. The molecule has 2 unspecified atom stereocenters. The Hall–Kier alpha value is -2.11. The molecule has 0 aromatic carbocycles. The molecule has 0 aromatic rings. The normalized spacial score (nSPS) is 26.4. The lowest BCUT2D eigenvalue weighted by molar-refractivity contribution is -0.129. The maximum Gasteiger partial charge on any atom is 0.410 e. The summed E-state index contributed by atoms with van der Waals surface area (Å²) in [5.41, 5.74) is 0.822. The Kier molecular flexibility index (Phi) is 4.71. The maximum atomic E-state index is 12.9.